The van der Waals surface area contributed by atoms with Crippen LogP contribution in [0.2, 0.25) is 0 Å². The number of nitrogens with one attached hydrogen (secondary N) is 2. The summed E-state index contributed by atoms with van der Waals surface area (Å²) in [5.41, 5.74) is 0. The normalized spacial score (nSPS) is 39.6. The second-order valence-electron chi connectivity index (χ2n) is 13.1. The van der Waals surface area contributed by atoms with Gasteiger partial charge < -0.3 is 105 Å². The Morgan fingerprint density at radius 1 is 0.741 bits per heavy atom. The Bertz CT molecular complexity index is 1280. The summed E-state index contributed by atoms with van der Waals surface area (Å²) in [5.74, 6) is -0.360. The molecule has 23 nitrogen and oxygen atoms in total. The molecule has 0 unspecified atom stereocenters. The number of pyridine rings is 1. The number of carbonyl (C=O) groups is 1. The van der Waals surface area contributed by atoms with Gasteiger partial charge in [-0.05, 0) is 12.1 Å². The Morgan fingerprint density at radius 3 is 1.94 bits per heavy atom. The van der Waals surface area contributed by atoms with Crippen LogP contribution in [0.25, 0.3) is 0 Å². The van der Waals surface area contributed by atoms with E-state index < -0.39 is 149 Å². The van der Waals surface area contributed by atoms with Gasteiger partial charge in [-0.1, -0.05) is 6.07 Å². The maximum atomic E-state index is 11.9. The SMILES string of the molecule is CC(=O)N[C@H]1[C@H](O[C@H]2[C@@H](O)[C@@H](CO)O[C@H](O[C@@H]3[C@H](O)[C@@H](O)[C@H](O[C@@H]([C@H](O)[C@@H](O)CNc4ccccn4)[C@H](O)CO)O[C@@H]3CO)[C@@H]2O)O[C@H](CO)[C@H](O)[C@@H]1O. The molecule has 3 saturated heterocycles. The second kappa shape index (κ2) is 20.2. The van der Waals surface area contributed by atoms with Crippen molar-refractivity contribution >= 4 is 11.7 Å². The van der Waals surface area contributed by atoms with Gasteiger partial charge in [-0.15, -0.1) is 0 Å². The molecular weight excluding hydrogens is 734 g/mol. The van der Waals surface area contributed by atoms with Crippen LogP contribution in [0.15, 0.2) is 24.4 Å². The van der Waals surface area contributed by atoms with E-state index in [0.29, 0.717) is 5.82 Å². The molecule has 0 aliphatic carbocycles. The van der Waals surface area contributed by atoms with Crippen LogP contribution in [0.3, 0.4) is 0 Å². The number of amides is 1. The van der Waals surface area contributed by atoms with Gasteiger partial charge in [0, 0.05) is 19.7 Å². The largest absolute Gasteiger partial charge is 0.394 e. The Kier molecular flexibility index (Phi) is 16.6. The van der Waals surface area contributed by atoms with E-state index in [0.717, 1.165) is 6.92 Å². The van der Waals surface area contributed by atoms with E-state index in [1.807, 2.05) is 0 Å². The maximum absolute atomic E-state index is 11.9. The Balaban J connectivity index is 1.48. The number of aliphatic hydroxyl groups is 13. The molecule has 0 aromatic carbocycles. The zero-order valence-corrected chi connectivity index (χ0v) is 28.9. The summed E-state index contributed by atoms with van der Waals surface area (Å²) in [4.78, 5) is 15.9. The van der Waals surface area contributed by atoms with E-state index in [9.17, 15) is 71.2 Å². The molecule has 3 aliphatic heterocycles. The van der Waals surface area contributed by atoms with E-state index in [2.05, 4.69) is 15.6 Å². The van der Waals surface area contributed by atoms with Gasteiger partial charge in [-0.2, -0.15) is 0 Å². The van der Waals surface area contributed by atoms with Gasteiger partial charge in [0.1, 0.15) is 97.3 Å². The van der Waals surface area contributed by atoms with Crippen LogP contribution in [0.5, 0.6) is 0 Å². The minimum absolute atomic E-state index is 0.314. The lowest BCUT2D eigenvalue weighted by Gasteiger charge is -2.49. The van der Waals surface area contributed by atoms with Crippen LogP contribution in [-0.4, -0.2) is 227 Å². The highest BCUT2D eigenvalue weighted by molar-refractivity contribution is 5.73. The summed E-state index contributed by atoms with van der Waals surface area (Å²) in [5, 5.41) is 142. The molecule has 310 valence electrons. The minimum Gasteiger partial charge on any atom is -0.394 e. The van der Waals surface area contributed by atoms with Crippen LogP contribution in [0.1, 0.15) is 6.92 Å². The smallest absolute Gasteiger partial charge is 0.217 e. The number of carbonyl (C=O) groups excluding carboxylic acids is 1. The molecule has 54 heavy (non-hydrogen) atoms. The molecule has 0 bridgehead atoms. The third-order valence-electron chi connectivity index (χ3n) is 9.22. The van der Waals surface area contributed by atoms with Gasteiger partial charge in [-0.25, -0.2) is 4.98 Å². The highest BCUT2D eigenvalue weighted by atomic mass is 16.8. The number of anilines is 1. The molecule has 0 spiro atoms. The number of aliphatic hydroxyl groups excluding tert-OH is 13. The average Bonchev–Trinajstić information content (AvgIpc) is 3.16. The third kappa shape index (κ3) is 10.3. The number of nitrogens with zero attached hydrogens (tertiary/aromatic N) is 1. The van der Waals surface area contributed by atoms with Gasteiger partial charge in [-0.3, -0.25) is 4.79 Å². The summed E-state index contributed by atoms with van der Waals surface area (Å²) in [6.45, 7) is -2.89. The molecule has 19 atom stereocenters. The summed E-state index contributed by atoms with van der Waals surface area (Å²) in [6, 6.07) is 3.38. The topological polar surface area (TPSA) is 372 Å². The predicted molar refractivity (Wildman–Crippen MR) is 173 cm³/mol. The Hall–Kier alpha value is -2.34. The maximum Gasteiger partial charge on any atom is 0.217 e. The van der Waals surface area contributed by atoms with Gasteiger partial charge in [0.2, 0.25) is 5.91 Å². The van der Waals surface area contributed by atoms with E-state index in [1.54, 1.807) is 18.2 Å². The van der Waals surface area contributed by atoms with E-state index in [-0.39, 0.29) is 6.54 Å². The summed E-state index contributed by atoms with van der Waals surface area (Å²) in [7, 11) is 0. The fraction of sp³-hybridized carbons (Fsp3) is 0.806. The van der Waals surface area contributed by atoms with Crippen molar-refractivity contribution in [3.63, 3.8) is 0 Å². The number of aromatic nitrogens is 1. The highest BCUT2D eigenvalue weighted by Gasteiger charge is 2.54. The fourth-order valence-corrected chi connectivity index (χ4v) is 6.23. The monoisotopic (exact) mass is 785 g/mol. The Labute approximate surface area is 307 Å². The molecule has 0 saturated carbocycles. The van der Waals surface area contributed by atoms with E-state index in [4.69, 9.17) is 28.4 Å². The lowest BCUT2D eigenvalue weighted by atomic mass is 9.95. The van der Waals surface area contributed by atoms with Gasteiger partial charge >= 0.3 is 0 Å². The molecule has 1 aromatic rings. The first-order chi connectivity index (χ1) is 25.7. The van der Waals surface area contributed by atoms with Crippen molar-refractivity contribution in [2.45, 2.75) is 123 Å². The molecule has 0 radical (unpaired) electrons. The van der Waals surface area contributed by atoms with Crippen LogP contribution in [-0.2, 0) is 33.2 Å². The quantitative estimate of drug-likeness (QED) is 0.0697. The fourth-order valence-electron chi connectivity index (χ4n) is 6.23. The van der Waals surface area contributed by atoms with Crippen LogP contribution in [0, 0.1) is 0 Å². The summed E-state index contributed by atoms with van der Waals surface area (Å²) >= 11 is 0. The van der Waals surface area contributed by atoms with Gasteiger partial charge in [0.15, 0.2) is 18.9 Å². The average molecular weight is 786 g/mol. The second-order valence-corrected chi connectivity index (χ2v) is 13.1. The lowest BCUT2D eigenvalue weighted by molar-refractivity contribution is -0.379. The first-order valence-corrected chi connectivity index (χ1v) is 17.1. The summed E-state index contributed by atoms with van der Waals surface area (Å²) in [6.07, 6.45) is -31.1. The lowest BCUT2D eigenvalue weighted by Crippen LogP contribution is -2.68. The van der Waals surface area contributed by atoms with Crippen molar-refractivity contribution in [1.29, 1.82) is 0 Å². The molecular formula is C31H51N3O20. The van der Waals surface area contributed by atoms with Gasteiger partial charge in [0.05, 0.1) is 32.5 Å². The number of hydrogen-bond donors (Lipinski definition) is 15. The zero-order valence-electron chi connectivity index (χ0n) is 28.9. The molecule has 1 amide bonds. The Morgan fingerprint density at radius 2 is 1.35 bits per heavy atom. The first-order valence-electron chi connectivity index (χ1n) is 17.1. The summed E-state index contributed by atoms with van der Waals surface area (Å²) < 4.78 is 33.6. The molecule has 3 aliphatic rings. The number of rotatable bonds is 17. The third-order valence-corrected chi connectivity index (χ3v) is 9.22. The standard InChI is InChI=1S/C31H51N3O20/c1-11(39)34-18-22(45)20(43)14(8-36)49-29(18)54-28-21(44)15(9-37)50-31(25(28)48)53-27-16(10-38)51-30(24(47)23(27)46)52-26(13(41)7-35)19(42)12(40)6-33-17-4-2-3-5-32-17/h2-5,12-16,18-31,35-38,40-48H,6-10H2,1H3,(H,32,33)(H,34,39)/t12-,13+,14+,15+,16+,18+,19+,20-,21-,22+,23+,24+,25+,26+,27-,28-,29-,30-,31+/m0/s1. The minimum atomic E-state index is -2.09. The molecule has 3 fully saturated rings. The molecule has 1 aromatic heterocycles. The molecule has 23 heteroatoms. The number of hydrogen-bond acceptors (Lipinski definition) is 22. The molecule has 15 N–H and O–H groups in total. The predicted octanol–water partition coefficient (Wildman–Crippen LogP) is -8.45. The van der Waals surface area contributed by atoms with Crippen molar-refractivity contribution in [1.82, 2.24) is 10.3 Å². The number of ether oxygens (including phenoxy) is 6. The van der Waals surface area contributed by atoms with Crippen molar-refractivity contribution in [2.24, 2.45) is 0 Å². The van der Waals surface area contributed by atoms with Crippen LogP contribution >= 0.6 is 0 Å². The van der Waals surface area contributed by atoms with Crippen LogP contribution in [0.4, 0.5) is 5.82 Å². The van der Waals surface area contributed by atoms with Crippen LogP contribution < -0.4 is 10.6 Å². The first kappa shape index (κ1) is 44.4. The van der Waals surface area contributed by atoms with E-state index in [1.165, 1.54) is 6.20 Å². The van der Waals surface area contributed by atoms with Crippen molar-refractivity contribution < 1.29 is 99.6 Å². The van der Waals surface area contributed by atoms with E-state index >= 15 is 0 Å². The van der Waals surface area contributed by atoms with Crippen molar-refractivity contribution in [3.8, 4) is 0 Å². The van der Waals surface area contributed by atoms with Gasteiger partial charge in [0.25, 0.3) is 0 Å². The molecule has 4 rings (SSSR count). The zero-order chi connectivity index (χ0) is 39.9. The van der Waals surface area contributed by atoms with Crippen molar-refractivity contribution in [2.75, 3.05) is 38.3 Å². The van der Waals surface area contributed by atoms with Crippen molar-refractivity contribution in [3.05, 3.63) is 24.4 Å². The highest BCUT2D eigenvalue weighted by Crippen LogP contribution is 2.33. The molecule has 4 heterocycles.